The van der Waals surface area contributed by atoms with E-state index in [9.17, 15) is 33.6 Å². The summed E-state index contributed by atoms with van der Waals surface area (Å²) in [7, 11) is 0. The topological polar surface area (TPSA) is 220 Å². The number of hydrogen-bond acceptors (Lipinski definition) is 9. The fraction of sp³-hybridized carbons (Fsp3) is 0.562. The molecule has 14 nitrogen and oxygen atoms in total. The van der Waals surface area contributed by atoms with Crippen molar-refractivity contribution in [1.82, 2.24) is 26.6 Å². The van der Waals surface area contributed by atoms with Crippen molar-refractivity contribution in [1.29, 1.82) is 0 Å². The smallest absolute Gasteiger partial charge is 0.327 e. The third-order valence-electron chi connectivity index (χ3n) is 3.57. The summed E-state index contributed by atoms with van der Waals surface area (Å²) in [4.78, 5) is 80.7. The summed E-state index contributed by atoms with van der Waals surface area (Å²) in [6.07, 6.45) is -0.804. The molecule has 0 radical (unpaired) electrons. The number of carboxylic acids is 2. The molecule has 16 heteroatoms. The highest BCUT2D eigenvalue weighted by Crippen LogP contribution is 1.97. The molecule has 0 fully saturated rings. The first-order chi connectivity index (χ1) is 14.9. The largest absolute Gasteiger partial charge is 0.481 e. The van der Waals surface area contributed by atoms with Crippen LogP contribution < -0.4 is 26.6 Å². The van der Waals surface area contributed by atoms with Gasteiger partial charge in [-0.25, -0.2) is 4.79 Å². The van der Waals surface area contributed by atoms with Gasteiger partial charge in [0.1, 0.15) is 18.1 Å². The molecule has 0 saturated carbocycles. The Hall–Kier alpha value is -3.01. The van der Waals surface area contributed by atoms with Crippen LogP contribution in [0.5, 0.6) is 0 Å². The van der Waals surface area contributed by atoms with Crippen LogP contribution in [-0.2, 0) is 33.6 Å². The number of nitrogens with one attached hydrogen (secondary N) is 5. The Labute approximate surface area is 193 Å². The van der Waals surface area contributed by atoms with Crippen LogP contribution in [0.2, 0.25) is 0 Å². The molecule has 0 rings (SSSR count). The van der Waals surface area contributed by atoms with Crippen LogP contribution in [0.4, 0.5) is 0 Å². The summed E-state index contributed by atoms with van der Waals surface area (Å²) in [6.45, 7) is -0.0824. The molecule has 7 N–H and O–H groups in total. The highest BCUT2D eigenvalue weighted by molar-refractivity contribution is 7.80. The lowest BCUT2D eigenvalue weighted by Gasteiger charge is -2.21. The van der Waals surface area contributed by atoms with Gasteiger partial charge < -0.3 is 36.8 Å². The highest BCUT2D eigenvalue weighted by atomic mass is 32.1. The molecule has 32 heavy (non-hydrogen) atoms. The molecule has 0 aliphatic heterocycles. The summed E-state index contributed by atoms with van der Waals surface area (Å²) < 4.78 is 0. The number of thiol groups is 2. The second kappa shape index (κ2) is 14.9. The van der Waals surface area contributed by atoms with Gasteiger partial charge in [-0.05, 0) is 0 Å². The second-order valence-electron chi connectivity index (χ2n) is 6.23. The molecule has 0 aromatic rings. The van der Waals surface area contributed by atoms with E-state index in [4.69, 9.17) is 10.2 Å². The lowest BCUT2D eigenvalue weighted by molar-refractivity contribution is -0.141. The van der Waals surface area contributed by atoms with Gasteiger partial charge in [0.05, 0.1) is 19.5 Å². The zero-order valence-electron chi connectivity index (χ0n) is 16.9. The van der Waals surface area contributed by atoms with Crippen molar-refractivity contribution in [3.8, 4) is 0 Å². The zero-order chi connectivity index (χ0) is 24.8. The number of rotatable bonds is 14. The first kappa shape index (κ1) is 29.0. The molecule has 180 valence electrons. The SMILES string of the molecule is CC(=O)N[C@@H](CS)C(=O)N[C@@H](CC(=O)O)C(=O)NCC(=O)NCC(=O)N[C@@H](CS)C(=O)O. The van der Waals surface area contributed by atoms with Gasteiger partial charge in [0.25, 0.3) is 0 Å². The zero-order valence-corrected chi connectivity index (χ0v) is 18.7. The van der Waals surface area contributed by atoms with Crippen molar-refractivity contribution in [3.63, 3.8) is 0 Å². The monoisotopic (exact) mass is 495 g/mol. The van der Waals surface area contributed by atoms with Gasteiger partial charge in [-0.2, -0.15) is 25.3 Å². The van der Waals surface area contributed by atoms with Gasteiger partial charge in [-0.15, -0.1) is 0 Å². The molecule has 0 heterocycles. The van der Waals surface area contributed by atoms with E-state index in [-0.39, 0.29) is 11.5 Å². The number of carbonyl (C=O) groups excluding carboxylic acids is 5. The summed E-state index contributed by atoms with van der Waals surface area (Å²) in [6, 6.07) is -3.92. The van der Waals surface area contributed by atoms with Crippen LogP contribution in [0.15, 0.2) is 0 Å². The van der Waals surface area contributed by atoms with Crippen LogP contribution in [-0.4, -0.2) is 94.4 Å². The minimum atomic E-state index is -1.56. The average Bonchev–Trinajstić information content (AvgIpc) is 2.71. The lowest BCUT2D eigenvalue weighted by atomic mass is 10.1. The maximum absolute atomic E-state index is 12.2. The predicted octanol–water partition coefficient (Wildman–Crippen LogP) is -3.89. The summed E-state index contributed by atoms with van der Waals surface area (Å²) in [5.74, 6) is -7.04. The van der Waals surface area contributed by atoms with Crippen molar-refractivity contribution in [2.24, 2.45) is 0 Å². The lowest BCUT2D eigenvalue weighted by Crippen LogP contribution is -2.55. The molecule has 5 amide bonds. The maximum atomic E-state index is 12.2. The minimum Gasteiger partial charge on any atom is -0.481 e. The normalized spacial score (nSPS) is 13.0. The molecule has 0 bridgehead atoms. The average molecular weight is 496 g/mol. The summed E-state index contributed by atoms with van der Waals surface area (Å²) in [5.41, 5.74) is 0. The first-order valence-electron chi connectivity index (χ1n) is 8.98. The van der Waals surface area contributed by atoms with Crippen LogP contribution in [0.1, 0.15) is 13.3 Å². The number of hydrogen-bond donors (Lipinski definition) is 9. The van der Waals surface area contributed by atoms with E-state index in [1.54, 1.807) is 0 Å². The summed E-state index contributed by atoms with van der Waals surface area (Å²) in [5, 5.41) is 28.6. The number of carbonyl (C=O) groups is 7. The maximum Gasteiger partial charge on any atom is 0.327 e. The highest BCUT2D eigenvalue weighted by Gasteiger charge is 2.27. The third kappa shape index (κ3) is 12.0. The van der Waals surface area contributed by atoms with Crippen molar-refractivity contribution in [2.75, 3.05) is 24.6 Å². The fourth-order valence-corrected chi connectivity index (χ4v) is 2.56. The molecule has 0 spiro atoms. The van der Waals surface area contributed by atoms with Crippen LogP contribution in [0, 0.1) is 0 Å². The Morgan fingerprint density at radius 3 is 1.75 bits per heavy atom. The Morgan fingerprint density at radius 1 is 0.719 bits per heavy atom. The van der Waals surface area contributed by atoms with Gasteiger partial charge in [0.15, 0.2) is 0 Å². The van der Waals surface area contributed by atoms with E-state index in [0.717, 1.165) is 6.92 Å². The van der Waals surface area contributed by atoms with Gasteiger partial charge in [-0.3, -0.25) is 28.8 Å². The molecular weight excluding hydrogens is 470 g/mol. The van der Waals surface area contributed by atoms with Crippen molar-refractivity contribution in [3.05, 3.63) is 0 Å². The quantitative estimate of drug-likeness (QED) is 0.107. The fourth-order valence-electron chi connectivity index (χ4n) is 2.06. The van der Waals surface area contributed by atoms with Crippen molar-refractivity contribution < 1.29 is 43.8 Å². The summed E-state index contributed by atoms with van der Waals surface area (Å²) >= 11 is 7.67. The van der Waals surface area contributed by atoms with E-state index >= 15 is 0 Å². The van der Waals surface area contributed by atoms with E-state index in [1.165, 1.54) is 0 Å². The minimum absolute atomic E-state index is 0.118. The van der Waals surface area contributed by atoms with Crippen molar-refractivity contribution in [2.45, 2.75) is 31.5 Å². The molecule has 3 atom stereocenters. The predicted molar refractivity (Wildman–Crippen MR) is 115 cm³/mol. The second-order valence-corrected chi connectivity index (χ2v) is 6.96. The Balaban J connectivity index is 4.75. The standard InChI is InChI=1S/C16H25N5O9S2/c1-7(22)19-9(5-31)15(28)21-8(2-13(25)26)14(27)18-3-11(23)17-4-12(24)20-10(6-32)16(29)30/h8-10,31-32H,2-6H2,1H3,(H,17,23)(H,18,27)(H,19,22)(H,20,24)(H,21,28)(H,25,26)(H,29,30)/t8-,9-,10-/m0/s1. The van der Waals surface area contributed by atoms with E-state index in [2.05, 4.69) is 51.8 Å². The van der Waals surface area contributed by atoms with Crippen LogP contribution in [0.3, 0.4) is 0 Å². The van der Waals surface area contributed by atoms with Crippen LogP contribution >= 0.6 is 25.3 Å². The molecule has 0 aliphatic carbocycles. The third-order valence-corrected chi connectivity index (χ3v) is 4.30. The Morgan fingerprint density at radius 2 is 1.28 bits per heavy atom. The molecule has 0 aromatic carbocycles. The number of amides is 5. The van der Waals surface area contributed by atoms with Gasteiger partial charge in [0.2, 0.25) is 29.5 Å². The van der Waals surface area contributed by atoms with E-state index in [1.807, 2.05) is 0 Å². The molecule has 0 saturated heterocycles. The molecule has 0 aromatic heterocycles. The van der Waals surface area contributed by atoms with Crippen molar-refractivity contribution >= 4 is 66.7 Å². The number of carboxylic acid groups (broad SMARTS) is 2. The molecule has 0 unspecified atom stereocenters. The van der Waals surface area contributed by atoms with Gasteiger partial charge in [0, 0.05) is 18.4 Å². The number of aliphatic carboxylic acids is 2. The Bertz CT molecular complexity index is 749. The molecular formula is C16H25N5O9S2. The van der Waals surface area contributed by atoms with E-state index in [0.29, 0.717) is 0 Å². The Kier molecular flexibility index (Phi) is 13.5. The first-order valence-corrected chi connectivity index (χ1v) is 10.2. The van der Waals surface area contributed by atoms with Crippen LogP contribution in [0.25, 0.3) is 0 Å². The van der Waals surface area contributed by atoms with Gasteiger partial charge >= 0.3 is 11.9 Å². The molecule has 0 aliphatic rings. The van der Waals surface area contributed by atoms with E-state index < -0.39 is 79.1 Å². The van der Waals surface area contributed by atoms with Gasteiger partial charge in [-0.1, -0.05) is 0 Å².